The molecule has 2 atom stereocenters. The maximum atomic E-state index is 13.1. The summed E-state index contributed by atoms with van der Waals surface area (Å²) in [6.45, 7) is 8.40. The second kappa shape index (κ2) is 13.7. The predicted molar refractivity (Wildman–Crippen MR) is 127 cm³/mol. The highest BCUT2D eigenvalue weighted by Gasteiger charge is 2.41. The van der Waals surface area contributed by atoms with E-state index in [0.717, 1.165) is 57.8 Å². The molecule has 1 rings (SSSR count). The van der Waals surface area contributed by atoms with Gasteiger partial charge in [0.05, 0.1) is 16.5 Å². The van der Waals surface area contributed by atoms with Crippen molar-refractivity contribution in [1.29, 1.82) is 0 Å². The molecular weight excluding hydrogens is 418 g/mol. The van der Waals surface area contributed by atoms with Gasteiger partial charge in [0.2, 0.25) is 10.0 Å². The molecule has 30 heavy (non-hydrogen) atoms. The largest absolute Gasteiger partial charge is 0.388 e. The standard InChI is InChI=1S/C24H42ClNO3S/c1-5-8-10-12-18-24(27,19-13-11-9-6-2)23(20(4)7-3)26-30(28,29)22-16-14-21(25)15-17-22/h14-17,20,23,26-27H,5-13,18-19H2,1-4H3/t20-,23-/m0/s1. The van der Waals surface area contributed by atoms with Gasteiger partial charge in [-0.3, -0.25) is 0 Å². The summed E-state index contributed by atoms with van der Waals surface area (Å²) >= 11 is 5.92. The molecule has 0 heterocycles. The molecule has 174 valence electrons. The van der Waals surface area contributed by atoms with Crippen molar-refractivity contribution in [2.75, 3.05) is 0 Å². The molecule has 0 unspecified atom stereocenters. The number of nitrogens with one attached hydrogen (secondary N) is 1. The summed E-state index contributed by atoms with van der Waals surface area (Å²) in [4.78, 5) is 0.180. The fourth-order valence-electron chi connectivity index (χ4n) is 3.99. The molecule has 0 aliphatic rings. The van der Waals surface area contributed by atoms with Crippen LogP contribution < -0.4 is 4.72 Å². The van der Waals surface area contributed by atoms with Crippen molar-refractivity contribution in [2.24, 2.45) is 5.92 Å². The quantitative estimate of drug-likeness (QED) is 0.270. The first-order chi connectivity index (χ1) is 14.2. The highest BCUT2D eigenvalue weighted by Crippen LogP contribution is 2.32. The highest BCUT2D eigenvalue weighted by molar-refractivity contribution is 7.89. The summed E-state index contributed by atoms with van der Waals surface area (Å²) in [5, 5.41) is 12.3. The average Bonchev–Trinajstić information content (AvgIpc) is 2.72. The Morgan fingerprint density at radius 3 is 1.87 bits per heavy atom. The summed E-state index contributed by atoms with van der Waals surface area (Å²) in [5.74, 6) is 0.0226. The van der Waals surface area contributed by atoms with Crippen molar-refractivity contribution >= 4 is 21.6 Å². The number of halogens is 1. The summed E-state index contributed by atoms with van der Waals surface area (Å²) in [5.41, 5.74) is -1.05. The zero-order valence-electron chi connectivity index (χ0n) is 19.3. The van der Waals surface area contributed by atoms with E-state index in [2.05, 4.69) is 18.6 Å². The number of benzene rings is 1. The van der Waals surface area contributed by atoms with Crippen LogP contribution in [0.4, 0.5) is 0 Å². The van der Waals surface area contributed by atoms with Gasteiger partial charge < -0.3 is 5.11 Å². The third-order valence-electron chi connectivity index (χ3n) is 6.12. The maximum absolute atomic E-state index is 13.1. The number of hydrogen-bond donors (Lipinski definition) is 2. The van der Waals surface area contributed by atoms with Gasteiger partial charge in [0.1, 0.15) is 0 Å². The Kier molecular flexibility index (Phi) is 12.5. The van der Waals surface area contributed by atoms with Crippen LogP contribution in [0, 0.1) is 5.92 Å². The van der Waals surface area contributed by atoms with Gasteiger partial charge in [-0.15, -0.1) is 0 Å². The molecule has 6 heteroatoms. The molecule has 0 spiro atoms. The maximum Gasteiger partial charge on any atom is 0.240 e. The molecule has 4 nitrogen and oxygen atoms in total. The predicted octanol–water partition coefficient (Wildman–Crippen LogP) is 6.70. The first-order valence-electron chi connectivity index (χ1n) is 11.7. The van der Waals surface area contributed by atoms with E-state index in [9.17, 15) is 13.5 Å². The average molecular weight is 460 g/mol. The fourth-order valence-corrected chi connectivity index (χ4v) is 5.53. The molecule has 0 saturated carbocycles. The van der Waals surface area contributed by atoms with Gasteiger partial charge in [-0.25, -0.2) is 13.1 Å². The van der Waals surface area contributed by atoms with Crippen LogP contribution in [0.3, 0.4) is 0 Å². The van der Waals surface area contributed by atoms with Gasteiger partial charge in [-0.2, -0.15) is 0 Å². The highest BCUT2D eigenvalue weighted by atomic mass is 35.5. The van der Waals surface area contributed by atoms with Gasteiger partial charge in [0.15, 0.2) is 0 Å². The van der Waals surface area contributed by atoms with E-state index in [4.69, 9.17) is 11.6 Å². The molecule has 0 aliphatic heterocycles. The van der Waals surface area contributed by atoms with Gasteiger partial charge in [-0.1, -0.05) is 97.1 Å². The molecule has 0 aliphatic carbocycles. The van der Waals surface area contributed by atoms with Crippen molar-refractivity contribution < 1.29 is 13.5 Å². The lowest BCUT2D eigenvalue weighted by atomic mass is 9.78. The van der Waals surface area contributed by atoms with Gasteiger partial charge >= 0.3 is 0 Å². The molecule has 0 bridgehead atoms. The van der Waals surface area contributed by atoms with Crippen molar-refractivity contribution in [1.82, 2.24) is 4.72 Å². The molecule has 0 saturated heterocycles. The van der Waals surface area contributed by atoms with Crippen LogP contribution in [0.25, 0.3) is 0 Å². The Balaban J connectivity index is 3.12. The lowest BCUT2D eigenvalue weighted by molar-refractivity contribution is -0.0280. The lowest BCUT2D eigenvalue weighted by Gasteiger charge is -2.40. The monoisotopic (exact) mass is 459 g/mol. The van der Waals surface area contributed by atoms with Crippen LogP contribution in [0.5, 0.6) is 0 Å². The minimum absolute atomic E-state index is 0.0226. The smallest absolute Gasteiger partial charge is 0.240 e. The van der Waals surface area contributed by atoms with Gasteiger partial charge in [-0.05, 0) is 43.0 Å². The Hall–Kier alpha value is -0.620. The Morgan fingerprint density at radius 2 is 1.43 bits per heavy atom. The molecule has 0 aromatic heterocycles. The number of aliphatic hydroxyl groups is 1. The van der Waals surface area contributed by atoms with Crippen LogP contribution in [0.15, 0.2) is 29.2 Å². The van der Waals surface area contributed by atoms with Gasteiger partial charge in [0, 0.05) is 5.02 Å². The molecular formula is C24H42ClNO3S. The second-order valence-corrected chi connectivity index (χ2v) is 10.8. The van der Waals surface area contributed by atoms with Crippen molar-refractivity contribution in [3.63, 3.8) is 0 Å². The van der Waals surface area contributed by atoms with E-state index in [1.807, 2.05) is 13.8 Å². The normalized spacial score (nSPS) is 14.6. The van der Waals surface area contributed by atoms with E-state index in [-0.39, 0.29) is 10.8 Å². The molecule has 0 fully saturated rings. The third kappa shape index (κ3) is 8.86. The van der Waals surface area contributed by atoms with E-state index >= 15 is 0 Å². The summed E-state index contributed by atoms with van der Waals surface area (Å²) in [7, 11) is -3.75. The SMILES string of the molecule is CCCCCCC(O)(CCCCCC)[C@@H](NS(=O)(=O)c1ccc(Cl)cc1)[C@@H](C)CC. The van der Waals surface area contributed by atoms with E-state index in [1.54, 1.807) is 12.1 Å². The number of hydrogen-bond acceptors (Lipinski definition) is 3. The molecule has 0 amide bonds. The molecule has 1 aromatic rings. The Bertz CT molecular complexity index is 679. The van der Waals surface area contributed by atoms with Crippen LogP contribution in [0.1, 0.15) is 98.3 Å². The summed E-state index contributed by atoms with van der Waals surface area (Å²) < 4.78 is 29.1. The Labute approximate surface area is 189 Å². The summed E-state index contributed by atoms with van der Waals surface area (Å²) in [6, 6.07) is 5.66. The number of rotatable bonds is 16. The van der Waals surface area contributed by atoms with Crippen LogP contribution >= 0.6 is 11.6 Å². The number of sulfonamides is 1. The molecule has 2 N–H and O–H groups in total. The zero-order chi connectivity index (χ0) is 22.6. The Morgan fingerprint density at radius 1 is 0.933 bits per heavy atom. The minimum atomic E-state index is -3.75. The molecule has 1 aromatic carbocycles. The van der Waals surface area contributed by atoms with Gasteiger partial charge in [0.25, 0.3) is 0 Å². The van der Waals surface area contributed by atoms with E-state index < -0.39 is 21.7 Å². The van der Waals surface area contributed by atoms with E-state index in [0.29, 0.717) is 17.9 Å². The van der Waals surface area contributed by atoms with Crippen molar-refractivity contribution in [3.05, 3.63) is 29.3 Å². The van der Waals surface area contributed by atoms with Crippen molar-refractivity contribution in [3.8, 4) is 0 Å². The first-order valence-corrected chi connectivity index (χ1v) is 13.6. The zero-order valence-corrected chi connectivity index (χ0v) is 20.9. The summed E-state index contributed by atoms with van der Waals surface area (Å²) in [6.07, 6.45) is 10.5. The fraction of sp³-hybridized carbons (Fsp3) is 0.750. The van der Waals surface area contributed by atoms with E-state index in [1.165, 1.54) is 12.1 Å². The van der Waals surface area contributed by atoms with Crippen LogP contribution in [-0.2, 0) is 10.0 Å². The lowest BCUT2D eigenvalue weighted by Crippen LogP contribution is -2.56. The number of unbranched alkanes of at least 4 members (excludes halogenated alkanes) is 6. The van der Waals surface area contributed by atoms with Crippen LogP contribution in [-0.4, -0.2) is 25.2 Å². The first kappa shape index (κ1) is 27.4. The second-order valence-electron chi connectivity index (χ2n) is 8.66. The molecule has 0 radical (unpaired) electrons. The topological polar surface area (TPSA) is 66.4 Å². The third-order valence-corrected chi connectivity index (χ3v) is 7.83. The van der Waals surface area contributed by atoms with Crippen LogP contribution in [0.2, 0.25) is 5.02 Å². The van der Waals surface area contributed by atoms with Crippen molar-refractivity contribution in [2.45, 2.75) is 115 Å². The minimum Gasteiger partial charge on any atom is -0.388 e.